The van der Waals surface area contributed by atoms with Gasteiger partial charge in [-0.25, -0.2) is 0 Å². The first kappa shape index (κ1) is 14.4. The summed E-state index contributed by atoms with van der Waals surface area (Å²) in [6, 6.07) is 0.322. The number of alkyl halides is 3. The van der Waals surface area contributed by atoms with E-state index in [0.29, 0.717) is 0 Å². The molecule has 0 aliphatic heterocycles. The summed E-state index contributed by atoms with van der Waals surface area (Å²) in [4.78, 5) is 0. The first-order chi connectivity index (χ1) is 8.35. The Kier molecular flexibility index (Phi) is 4.28. The first-order valence-electron chi connectivity index (χ1n) is 4.97. The van der Waals surface area contributed by atoms with Crippen LogP contribution in [-0.2, 0) is 0 Å². The Morgan fingerprint density at radius 2 is 1.39 bits per heavy atom. The molecule has 1 atom stereocenters. The highest BCUT2D eigenvalue weighted by molar-refractivity contribution is 5.52. The van der Waals surface area contributed by atoms with Crippen LogP contribution in [-0.4, -0.2) is 27.5 Å². The van der Waals surface area contributed by atoms with E-state index in [9.17, 15) is 13.2 Å². The second-order valence-corrected chi connectivity index (χ2v) is 3.47. The normalized spacial score (nSPS) is 13.1. The minimum atomic E-state index is -4.56. The average Bonchev–Trinajstić information content (AvgIpc) is 2.34. The van der Waals surface area contributed by atoms with E-state index >= 15 is 0 Å². The third kappa shape index (κ3) is 2.79. The molecule has 0 amide bonds. The largest absolute Gasteiger partial charge is 0.496 e. The van der Waals surface area contributed by atoms with E-state index in [2.05, 4.69) is 0 Å². The van der Waals surface area contributed by atoms with Crippen molar-refractivity contribution in [3.8, 4) is 17.2 Å². The van der Waals surface area contributed by atoms with E-state index in [-0.39, 0.29) is 22.8 Å². The van der Waals surface area contributed by atoms with Crippen LogP contribution in [0.5, 0.6) is 17.2 Å². The number of rotatable bonds is 4. The Morgan fingerprint density at radius 3 is 1.78 bits per heavy atom. The van der Waals surface area contributed by atoms with Crippen molar-refractivity contribution in [3.05, 3.63) is 17.7 Å². The highest BCUT2D eigenvalue weighted by Gasteiger charge is 2.40. The molecule has 0 heterocycles. The lowest BCUT2D eigenvalue weighted by Gasteiger charge is -2.20. The zero-order valence-electron chi connectivity index (χ0n) is 10.2. The molecule has 0 spiro atoms. The Bertz CT molecular complexity index is 421. The number of hydrogen-bond donors (Lipinski definition) is 1. The van der Waals surface area contributed by atoms with Crippen molar-refractivity contribution < 1.29 is 27.4 Å². The lowest BCUT2D eigenvalue weighted by molar-refractivity contribution is -0.149. The van der Waals surface area contributed by atoms with Crippen molar-refractivity contribution in [1.29, 1.82) is 0 Å². The highest BCUT2D eigenvalue weighted by atomic mass is 19.4. The number of hydrogen-bond acceptors (Lipinski definition) is 4. The molecular formula is C11H14F3NO3. The summed E-state index contributed by atoms with van der Waals surface area (Å²) in [6.45, 7) is 0. The molecule has 0 aromatic heterocycles. The Hall–Kier alpha value is -1.63. The maximum atomic E-state index is 12.6. The number of methoxy groups -OCH3 is 3. The fraction of sp³-hybridized carbons (Fsp3) is 0.455. The molecule has 18 heavy (non-hydrogen) atoms. The van der Waals surface area contributed by atoms with Crippen molar-refractivity contribution in [2.24, 2.45) is 5.73 Å². The van der Waals surface area contributed by atoms with Crippen LogP contribution < -0.4 is 19.9 Å². The molecule has 0 bridgehead atoms. The van der Waals surface area contributed by atoms with Gasteiger partial charge in [0.25, 0.3) is 0 Å². The molecule has 7 heteroatoms. The van der Waals surface area contributed by atoms with E-state index in [1.807, 2.05) is 0 Å². The number of benzene rings is 1. The van der Waals surface area contributed by atoms with Crippen LogP contribution in [0.1, 0.15) is 11.6 Å². The van der Waals surface area contributed by atoms with Crippen molar-refractivity contribution in [1.82, 2.24) is 0 Å². The summed E-state index contributed by atoms with van der Waals surface area (Å²) in [5.41, 5.74) is 4.96. The standard InChI is InChI=1S/C11H14F3NO3/c1-16-7-5-9(18-3)8(17-2)4-6(7)10(15)11(12,13)14/h4-5,10H,15H2,1-3H3/t10-/m1/s1. The molecule has 2 N–H and O–H groups in total. The topological polar surface area (TPSA) is 53.7 Å². The SMILES string of the molecule is COc1cc(OC)c([C@@H](N)C(F)(F)F)cc1OC. The summed E-state index contributed by atoms with van der Waals surface area (Å²) in [5, 5.41) is 0. The number of halogens is 3. The molecule has 0 aliphatic rings. The van der Waals surface area contributed by atoms with E-state index in [0.717, 1.165) is 6.07 Å². The van der Waals surface area contributed by atoms with Crippen molar-refractivity contribution in [2.45, 2.75) is 12.2 Å². The summed E-state index contributed by atoms with van der Waals surface area (Å²) < 4.78 is 52.6. The van der Waals surface area contributed by atoms with E-state index in [1.165, 1.54) is 27.4 Å². The van der Waals surface area contributed by atoms with E-state index < -0.39 is 12.2 Å². The Labute approximate surface area is 102 Å². The van der Waals surface area contributed by atoms with Crippen LogP contribution in [0.2, 0.25) is 0 Å². The molecule has 0 saturated carbocycles. The molecule has 0 radical (unpaired) electrons. The summed E-state index contributed by atoms with van der Waals surface area (Å²) >= 11 is 0. The second-order valence-electron chi connectivity index (χ2n) is 3.47. The third-order valence-electron chi connectivity index (χ3n) is 2.42. The molecular weight excluding hydrogens is 251 g/mol. The molecule has 0 unspecified atom stereocenters. The van der Waals surface area contributed by atoms with Gasteiger partial charge in [-0.1, -0.05) is 0 Å². The smallest absolute Gasteiger partial charge is 0.407 e. The molecule has 1 aromatic carbocycles. The highest BCUT2D eigenvalue weighted by Crippen LogP contribution is 2.41. The molecule has 4 nitrogen and oxygen atoms in total. The minimum Gasteiger partial charge on any atom is -0.496 e. The lowest BCUT2D eigenvalue weighted by atomic mass is 10.0. The number of ether oxygens (including phenoxy) is 3. The summed E-state index contributed by atoms with van der Waals surface area (Å²) in [7, 11) is 3.96. The monoisotopic (exact) mass is 265 g/mol. The first-order valence-corrected chi connectivity index (χ1v) is 4.97. The zero-order valence-corrected chi connectivity index (χ0v) is 10.2. The van der Waals surface area contributed by atoms with Gasteiger partial charge in [0.2, 0.25) is 0 Å². The molecule has 102 valence electrons. The van der Waals surface area contributed by atoms with Gasteiger partial charge in [0.1, 0.15) is 11.8 Å². The average molecular weight is 265 g/mol. The van der Waals surface area contributed by atoms with Crippen LogP contribution in [0.25, 0.3) is 0 Å². The van der Waals surface area contributed by atoms with Gasteiger partial charge < -0.3 is 19.9 Å². The van der Waals surface area contributed by atoms with E-state index in [4.69, 9.17) is 19.9 Å². The van der Waals surface area contributed by atoms with Gasteiger partial charge in [0.15, 0.2) is 11.5 Å². The van der Waals surface area contributed by atoms with E-state index in [1.54, 1.807) is 0 Å². The maximum absolute atomic E-state index is 12.6. The summed E-state index contributed by atoms with van der Waals surface area (Å²) in [6.07, 6.45) is -4.56. The fourth-order valence-electron chi connectivity index (χ4n) is 1.47. The van der Waals surface area contributed by atoms with Crippen LogP contribution in [0.4, 0.5) is 13.2 Å². The summed E-state index contributed by atoms with van der Waals surface area (Å²) in [5.74, 6) is 0.429. The van der Waals surface area contributed by atoms with Gasteiger partial charge in [-0.3, -0.25) is 0 Å². The predicted octanol–water partition coefficient (Wildman–Crippen LogP) is 2.27. The minimum absolute atomic E-state index is 0.00234. The molecule has 0 aliphatic carbocycles. The van der Waals surface area contributed by atoms with Crippen LogP contribution in [0.3, 0.4) is 0 Å². The number of nitrogens with two attached hydrogens (primary N) is 1. The van der Waals surface area contributed by atoms with Gasteiger partial charge >= 0.3 is 6.18 Å². The Morgan fingerprint density at radius 1 is 0.944 bits per heavy atom. The van der Waals surface area contributed by atoms with Gasteiger partial charge in [0, 0.05) is 11.6 Å². The van der Waals surface area contributed by atoms with Crippen LogP contribution in [0, 0.1) is 0 Å². The molecule has 0 saturated heterocycles. The van der Waals surface area contributed by atoms with Gasteiger partial charge in [-0.2, -0.15) is 13.2 Å². The molecule has 1 aromatic rings. The van der Waals surface area contributed by atoms with Crippen molar-refractivity contribution in [2.75, 3.05) is 21.3 Å². The lowest BCUT2D eigenvalue weighted by Crippen LogP contribution is -2.28. The quantitative estimate of drug-likeness (QED) is 0.907. The predicted molar refractivity (Wildman–Crippen MR) is 59.1 cm³/mol. The molecule has 0 fully saturated rings. The van der Waals surface area contributed by atoms with Crippen molar-refractivity contribution in [3.63, 3.8) is 0 Å². The van der Waals surface area contributed by atoms with Gasteiger partial charge in [0.05, 0.1) is 21.3 Å². The van der Waals surface area contributed by atoms with Gasteiger partial charge in [-0.15, -0.1) is 0 Å². The van der Waals surface area contributed by atoms with Crippen LogP contribution >= 0.6 is 0 Å². The van der Waals surface area contributed by atoms with Crippen molar-refractivity contribution >= 4 is 0 Å². The molecule has 1 rings (SSSR count). The maximum Gasteiger partial charge on any atom is 0.407 e. The third-order valence-corrected chi connectivity index (χ3v) is 2.42. The Balaban J connectivity index is 3.34. The second kappa shape index (κ2) is 5.34. The van der Waals surface area contributed by atoms with Gasteiger partial charge in [-0.05, 0) is 6.07 Å². The fourth-order valence-corrected chi connectivity index (χ4v) is 1.47. The van der Waals surface area contributed by atoms with Crippen LogP contribution in [0.15, 0.2) is 12.1 Å². The zero-order chi connectivity index (χ0) is 13.9.